The maximum atomic E-state index is 4.46. The summed E-state index contributed by atoms with van der Waals surface area (Å²) in [7, 11) is 0. The molecular weight excluding hydrogens is 170 g/mol. The SMILES string of the molecule is C=C(CC(C)(C)C)c1cccc(C)n1. The minimum atomic E-state index is 0.280. The molecule has 0 bridgehead atoms. The third-order valence-electron chi connectivity index (χ3n) is 1.99. The summed E-state index contributed by atoms with van der Waals surface area (Å²) < 4.78 is 0. The second-order valence-electron chi connectivity index (χ2n) is 5.01. The van der Waals surface area contributed by atoms with E-state index in [9.17, 15) is 0 Å². The van der Waals surface area contributed by atoms with E-state index in [1.165, 1.54) is 0 Å². The van der Waals surface area contributed by atoms with Crippen LogP contribution < -0.4 is 0 Å². The molecule has 0 saturated heterocycles. The fourth-order valence-corrected chi connectivity index (χ4v) is 1.47. The van der Waals surface area contributed by atoms with Gasteiger partial charge in [0.1, 0.15) is 0 Å². The standard InChI is InChI=1S/C13H19N/c1-10(9-13(3,4)5)12-8-6-7-11(2)14-12/h6-8H,1,9H2,2-5H3. The average Bonchev–Trinajstić information content (AvgIpc) is 2.01. The van der Waals surface area contributed by atoms with Gasteiger partial charge in [0, 0.05) is 5.69 Å². The van der Waals surface area contributed by atoms with Crippen molar-refractivity contribution in [2.75, 3.05) is 0 Å². The molecule has 0 spiro atoms. The van der Waals surface area contributed by atoms with Gasteiger partial charge in [0.2, 0.25) is 0 Å². The second kappa shape index (κ2) is 3.95. The Hall–Kier alpha value is -1.11. The lowest BCUT2D eigenvalue weighted by Gasteiger charge is -2.19. The van der Waals surface area contributed by atoms with Crippen LogP contribution in [-0.2, 0) is 0 Å². The summed E-state index contributed by atoms with van der Waals surface area (Å²) in [6.45, 7) is 12.7. The Labute approximate surface area is 86.9 Å². The molecule has 1 aromatic rings. The van der Waals surface area contributed by atoms with Crippen LogP contribution in [0.25, 0.3) is 5.57 Å². The highest BCUT2D eigenvalue weighted by Crippen LogP contribution is 2.27. The Balaban J connectivity index is 2.80. The van der Waals surface area contributed by atoms with Crippen LogP contribution in [0.5, 0.6) is 0 Å². The van der Waals surface area contributed by atoms with Crippen molar-refractivity contribution in [1.29, 1.82) is 0 Å². The molecule has 76 valence electrons. The summed E-state index contributed by atoms with van der Waals surface area (Å²) in [5.41, 5.74) is 3.49. The van der Waals surface area contributed by atoms with Crippen molar-refractivity contribution >= 4 is 5.57 Å². The zero-order valence-corrected chi connectivity index (χ0v) is 9.59. The maximum absolute atomic E-state index is 4.46. The zero-order valence-electron chi connectivity index (χ0n) is 9.59. The summed E-state index contributed by atoms with van der Waals surface area (Å²) in [5.74, 6) is 0. The molecule has 0 aromatic carbocycles. The van der Waals surface area contributed by atoms with Crippen LogP contribution in [0.1, 0.15) is 38.6 Å². The summed E-state index contributed by atoms with van der Waals surface area (Å²) in [6, 6.07) is 6.07. The molecule has 0 unspecified atom stereocenters. The molecule has 14 heavy (non-hydrogen) atoms. The van der Waals surface area contributed by atoms with Gasteiger partial charge in [-0.05, 0) is 36.5 Å². The second-order valence-corrected chi connectivity index (χ2v) is 5.01. The van der Waals surface area contributed by atoms with E-state index in [4.69, 9.17) is 0 Å². The highest BCUT2D eigenvalue weighted by Gasteiger charge is 2.13. The number of hydrogen-bond donors (Lipinski definition) is 0. The van der Waals surface area contributed by atoms with Crippen LogP contribution in [0, 0.1) is 12.3 Å². The van der Waals surface area contributed by atoms with E-state index in [1.807, 2.05) is 25.1 Å². The molecule has 0 atom stereocenters. The summed E-state index contributed by atoms with van der Waals surface area (Å²) in [6.07, 6.45) is 0.990. The fourth-order valence-electron chi connectivity index (χ4n) is 1.47. The van der Waals surface area contributed by atoms with Gasteiger partial charge in [-0.3, -0.25) is 4.98 Å². The minimum absolute atomic E-state index is 0.280. The molecule has 0 amide bonds. The van der Waals surface area contributed by atoms with Gasteiger partial charge in [0.15, 0.2) is 0 Å². The monoisotopic (exact) mass is 189 g/mol. The van der Waals surface area contributed by atoms with E-state index >= 15 is 0 Å². The van der Waals surface area contributed by atoms with Crippen LogP contribution in [-0.4, -0.2) is 4.98 Å². The first-order chi connectivity index (χ1) is 6.38. The van der Waals surface area contributed by atoms with Gasteiger partial charge in [0.05, 0.1) is 5.69 Å². The average molecular weight is 189 g/mol. The van der Waals surface area contributed by atoms with Crippen molar-refractivity contribution in [2.45, 2.75) is 34.1 Å². The lowest BCUT2D eigenvalue weighted by molar-refractivity contribution is 0.427. The third kappa shape index (κ3) is 3.33. The fraction of sp³-hybridized carbons (Fsp3) is 0.462. The van der Waals surface area contributed by atoms with Crippen molar-refractivity contribution in [3.8, 4) is 0 Å². The predicted molar refractivity (Wildman–Crippen MR) is 62.1 cm³/mol. The van der Waals surface area contributed by atoms with E-state index in [2.05, 4.69) is 32.3 Å². The molecule has 0 fully saturated rings. The van der Waals surface area contributed by atoms with Crippen LogP contribution >= 0.6 is 0 Å². The molecule has 0 aliphatic heterocycles. The number of aryl methyl sites for hydroxylation is 1. The highest BCUT2D eigenvalue weighted by atomic mass is 14.7. The topological polar surface area (TPSA) is 12.9 Å². The van der Waals surface area contributed by atoms with Crippen LogP contribution in [0.15, 0.2) is 24.8 Å². The third-order valence-corrected chi connectivity index (χ3v) is 1.99. The van der Waals surface area contributed by atoms with Crippen molar-refractivity contribution in [2.24, 2.45) is 5.41 Å². The lowest BCUT2D eigenvalue weighted by atomic mass is 9.87. The molecule has 0 N–H and O–H groups in total. The first kappa shape index (κ1) is 11.0. The predicted octanol–water partition coefficient (Wildman–Crippen LogP) is 3.84. The quantitative estimate of drug-likeness (QED) is 0.688. The first-order valence-corrected chi connectivity index (χ1v) is 5.00. The summed E-state index contributed by atoms with van der Waals surface area (Å²) >= 11 is 0. The van der Waals surface area contributed by atoms with Gasteiger partial charge in [-0.2, -0.15) is 0 Å². The lowest BCUT2D eigenvalue weighted by Crippen LogP contribution is -2.06. The van der Waals surface area contributed by atoms with E-state index in [-0.39, 0.29) is 5.41 Å². The summed E-state index contributed by atoms with van der Waals surface area (Å²) in [5, 5.41) is 0. The molecular formula is C13H19N. The first-order valence-electron chi connectivity index (χ1n) is 5.00. The van der Waals surface area contributed by atoms with Gasteiger partial charge in [-0.25, -0.2) is 0 Å². The largest absolute Gasteiger partial charge is 0.254 e. The zero-order chi connectivity index (χ0) is 10.8. The Morgan fingerprint density at radius 3 is 2.50 bits per heavy atom. The van der Waals surface area contributed by atoms with Gasteiger partial charge in [-0.1, -0.05) is 33.4 Å². The van der Waals surface area contributed by atoms with Crippen LogP contribution in [0.2, 0.25) is 0 Å². The smallest absolute Gasteiger partial charge is 0.0659 e. The molecule has 1 aromatic heterocycles. The van der Waals surface area contributed by atoms with Gasteiger partial charge >= 0.3 is 0 Å². The van der Waals surface area contributed by atoms with Gasteiger partial charge in [0.25, 0.3) is 0 Å². The number of rotatable bonds is 2. The molecule has 0 aliphatic rings. The molecule has 0 radical (unpaired) electrons. The van der Waals surface area contributed by atoms with Crippen molar-refractivity contribution < 1.29 is 0 Å². The number of pyridine rings is 1. The van der Waals surface area contributed by atoms with E-state index in [0.717, 1.165) is 23.4 Å². The molecule has 0 aliphatic carbocycles. The maximum Gasteiger partial charge on any atom is 0.0659 e. The minimum Gasteiger partial charge on any atom is -0.254 e. The normalized spacial score (nSPS) is 11.4. The highest BCUT2D eigenvalue weighted by molar-refractivity contribution is 5.60. The van der Waals surface area contributed by atoms with E-state index < -0.39 is 0 Å². The molecule has 1 nitrogen and oxygen atoms in total. The Bertz CT molecular complexity index is 331. The number of nitrogens with zero attached hydrogens (tertiary/aromatic N) is 1. The molecule has 0 saturated carbocycles. The van der Waals surface area contributed by atoms with Crippen LogP contribution in [0.3, 0.4) is 0 Å². The van der Waals surface area contributed by atoms with Gasteiger partial charge in [-0.15, -0.1) is 0 Å². The molecule has 1 heterocycles. The van der Waals surface area contributed by atoms with Crippen molar-refractivity contribution in [3.05, 3.63) is 36.2 Å². The Kier molecular flexibility index (Phi) is 3.10. The molecule has 1 heteroatoms. The van der Waals surface area contributed by atoms with Gasteiger partial charge < -0.3 is 0 Å². The number of hydrogen-bond acceptors (Lipinski definition) is 1. The Morgan fingerprint density at radius 1 is 1.36 bits per heavy atom. The van der Waals surface area contributed by atoms with E-state index in [0.29, 0.717) is 0 Å². The van der Waals surface area contributed by atoms with Crippen molar-refractivity contribution in [3.63, 3.8) is 0 Å². The number of allylic oxidation sites excluding steroid dienone is 1. The Morgan fingerprint density at radius 2 is 2.00 bits per heavy atom. The number of aromatic nitrogens is 1. The summed E-state index contributed by atoms with van der Waals surface area (Å²) in [4.78, 5) is 4.46. The van der Waals surface area contributed by atoms with Crippen molar-refractivity contribution in [1.82, 2.24) is 4.98 Å². The van der Waals surface area contributed by atoms with Crippen LogP contribution in [0.4, 0.5) is 0 Å². The van der Waals surface area contributed by atoms with E-state index in [1.54, 1.807) is 0 Å². The molecule has 1 rings (SSSR count).